The molecule has 2 unspecified atom stereocenters. The predicted octanol–water partition coefficient (Wildman–Crippen LogP) is 8.75. The van der Waals surface area contributed by atoms with Gasteiger partial charge < -0.3 is 0 Å². The summed E-state index contributed by atoms with van der Waals surface area (Å²) >= 11 is 0. The summed E-state index contributed by atoms with van der Waals surface area (Å²) in [6.45, 7) is 7.04. The van der Waals surface area contributed by atoms with Crippen LogP contribution in [-0.4, -0.2) is 0 Å². The molecule has 3 rings (SSSR count). The van der Waals surface area contributed by atoms with E-state index < -0.39 is 0 Å². The standard InChI is InChI=1S/C29H39N/c1-4-9-26(15-14-22(3)24-11-6-7-12-24)29(5-2)27-18-16-25(17-19-27)28-13-8-10-23(20-28)21-30/h13-14,16-20,24,26,29H,4-12,15H2,1-3H3/b22-14+. The van der Waals surface area contributed by atoms with Gasteiger partial charge in [0.2, 0.25) is 0 Å². The van der Waals surface area contributed by atoms with Gasteiger partial charge in [-0.2, -0.15) is 5.26 Å². The molecule has 0 spiro atoms. The van der Waals surface area contributed by atoms with Gasteiger partial charge >= 0.3 is 0 Å². The van der Waals surface area contributed by atoms with Crippen LogP contribution in [0, 0.1) is 23.2 Å². The third-order valence-electron chi connectivity index (χ3n) is 7.33. The average molecular weight is 402 g/mol. The minimum absolute atomic E-state index is 0.622. The summed E-state index contributed by atoms with van der Waals surface area (Å²) in [5, 5.41) is 9.22. The van der Waals surface area contributed by atoms with Gasteiger partial charge in [0.25, 0.3) is 0 Å². The Balaban J connectivity index is 1.73. The zero-order valence-electron chi connectivity index (χ0n) is 19.3. The van der Waals surface area contributed by atoms with Crippen LogP contribution in [0.3, 0.4) is 0 Å². The van der Waals surface area contributed by atoms with E-state index in [1.165, 1.54) is 68.1 Å². The summed E-state index contributed by atoms with van der Waals surface area (Å²) in [7, 11) is 0. The summed E-state index contributed by atoms with van der Waals surface area (Å²) in [4.78, 5) is 0. The molecule has 1 aromatic carbocycles. The van der Waals surface area contributed by atoms with Crippen molar-refractivity contribution in [1.82, 2.24) is 0 Å². The van der Waals surface area contributed by atoms with E-state index in [2.05, 4.69) is 69.3 Å². The van der Waals surface area contributed by atoms with E-state index in [-0.39, 0.29) is 0 Å². The molecular formula is C29H39N. The van der Waals surface area contributed by atoms with E-state index >= 15 is 0 Å². The number of benzene rings is 1. The van der Waals surface area contributed by atoms with Gasteiger partial charge in [-0.05, 0) is 92.4 Å². The Morgan fingerprint density at radius 2 is 1.90 bits per heavy atom. The smallest absolute Gasteiger partial charge is 0.0947 e. The zero-order valence-corrected chi connectivity index (χ0v) is 19.3. The van der Waals surface area contributed by atoms with Crippen molar-refractivity contribution in [3.63, 3.8) is 0 Å². The molecule has 1 aromatic rings. The lowest BCUT2D eigenvalue weighted by Crippen LogP contribution is -2.12. The van der Waals surface area contributed by atoms with Crippen molar-refractivity contribution in [1.29, 1.82) is 5.26 Å². The maximum Gasteiger partial charge on any atom is 0.0947 e. The van der Waals surface area contributed by atoms with Gasteiger partial charge in [-0.3, -0.25) is 0 Å². The van der Waals surface area contributed by atoms with E-state index in [0.717, 1.165) is 30.3 Å². The van der Waals surface area contributed by atoms with Gasteiger partial charge in [0.05, 0.1) is 6.07 Å². The molecule has 1 nitrogen and oxygen atoms in total. The Hall–Kier alpha value is -2.07. The molecule has 0 aliphatic heterocycles. The molecule has 0 aromatic heterocycles. The molecule has 0 amide bonds. The van der Waals surface area contributed by atoms with Gasteiger partial charge in [-0.1, -0.05) is 75.1 Å². The molecule has 1 saturated carbocycles. The van der Waals surface area contributed by atoms with Crippen molar-refractivity contribution >= 4 is 5.57 Å². The SMILES string of the molecule is CCCC(C/C=C(\C)C1CCCC1)C(CC)c1ccc(C2=CCCC(C#N)=C2)cc1. The van der Waals surface area contributed by atoms with E-state index in [9.17, 15) is 5.26 Å². The van der Waals surface area contributed by atoms with Crippen LogP contribution in [0.25, 0.3) is 5.57 Å². The number of nitriles is 1. The summed E-state index contributed by atoms with van der Waals surface area (Å²) in [5.74, 6) is 2.19. The van der Waals surface area contributed by atoms with Crippen LogP contribution >= 0.6 is 0 Å². The maximum absolute atomic E-state index is 9.22. The van der Waals surface area contributed by atoms with Crippen molar-refractivity contribution < 1.29 is 0 Å². The van der Waals surface area contributed by atoms with Crippen LogP contribution in [0.15, 0.2) is 53.6 Å². The highest BCUT2D eigenvalue weighted by atomic mass is 14.3. The highest BCUT2D eigenvalue weighted by Crippen LogP contribution is 2.37. The molecule has 1 heteroatoms. The molecule has 2 atom stereocenters. The molecule has 0 heterocycles. The molecule has 0 radical (unpaired) electrons. The summed E-state index contributed by atoms with van der Waals surface area (Å²) < 4.78 is 0. The summed E-state index contributed by atoms with van der Waals surface area (Å²) in [5.41, 5.74) is 6.47. The normalized spacial score (nSPS) is 19.7. The summed E-state index contributed by atoms with van der Waals surface area (Å²) in [6, 6.07) is 11.5. The fourth-order valence-corrected chi connectivity index (χ4v) is 5.49. The number of hydrogen-bond donors (Lipinski definition) is 0. The Morgan fingerprint density at radius 3 is 2.53 bits per heavy atom. The molecule has 1 fully saturated rings. The second-order valence-electron chi connectivity index (χ2n) is 9.33. The van der Waals surface area contributed by atoms with E-state index in [1.54, 1.807) is 5.57 Å². The third-order valence-corrected chi connectivity index (χ3v) is 7.33. The zero-order chi connectivity index (χ0) is 21.3. The van der Waals surface area contributed by atoms with Gasteiger partial charge in [0, 0.05) is 5.57 Å². The third kappa shape index (κ3) is 5.75. The summed E-state index contributed by atoms with van der Waals surface area (Å²) in [6.07, 6.45) is 19.4. The lowest BCUT2D eigenvalue weighted by molar-refractivity contribution is 0.383. The lowest BCUT2D eigenvalue weighted by Gasteiger charge is -2.26. The molecular weight excluding hydrogens is 362 g/mol. The predicted molar refractivity (Wildman–Crippen MR) is 129 cm³/mol. The number of rotatable bonds is 9. The van der Waals surface area contributed by atoms with Crippen LogP contribution in [0.4, 0.5) is 0 Å². The van der Waals surface area contributed by atoms with Crippen LogP contribution < -0.4 is 0 Å². The maximum atomic E-state index is 9.22. The van der Waals surface area contributed by atoms with Gasteiger partial charge in [0.1, 0.15) is 0 Å². The van der Waals surface area contributed by atoms with Crippen molar-refractivity contribution in [2.45, 2.75) is 90.9 Å². The number of nitrogens with zero attached hydrogens (tertiary/aromatic N) is 1. The van der Waals surface area contributed by atoms with Crippen molar-refractivity contribution in [3.05, 3.63) is 64.8 Å². The Labute approximate surface area is 184 Å². The molecule has 2 aliphatic rings. The molecule has 2 aliphatic carbocycles. The van der Waals surface area contributed by atoms with E-state index in [4.69, 9.17) is 0 Å². The van der Waals surface area contributed by atoms with Crippen LogP contribution in [-0.2, 0) is 0 Å². The van der Waals surface area contributed by atoms with Crippen LogP contribution in [0.2, 0.25) is 0 Å². The Bertz CT molecular complexity index is 809. The van der Waals surface area contributed by atoms with Crippen molar-refractivity contribution in [2.24, 2.45) is 11.8 Å². The monoisotopic (exact) mass is 401 g/mol. The second-order valence-corrected chi connectivity index (χ2v) is 9.33. The minimum Gasteiger partial charge on any atom is -0.193 e. The van der Waals surface area contributed by atoms with Gasteiger partial charge in [-0.25, -0.2) is 0 Å². The Kier molecular flexibility index (Phi) is 8.56. The fourth-order valence-electron chi connectivity index (χ4n) is 5.49. The molecule has 30 heavy (non-hydrogen) atoms. The molecule has 0 saturated heterocycles. The highest BCUT2D eigenvalue weighted by Gasteiger charge is 2.22. The molecule has 0 N–H and O–H groups in total. The largest absolute Gasteiger partial charge is 0.193 e. The first kappa shape index (κ1) is 22.6. The average Bonchev–Trinajstić information content (AvgIpc) is 3.33. The quantitative estimate of drug-likeness (QED) is 0.379. The first-order valence-electron chi connectivity index (χ1n) is 12.2. The fraction of sp³-hybridized carbons (Fsp3) is 0.552. The molecule has 0 bridgehead atoms. The topological polar surface area (TPSA) is 23.8 Å². The van der Waals surface area contributed by atoms with Gasteiger partial charge in [-0.15, -0.1) is 0 Å². The lowest BCUT2D eigenvalue weighted by atomic mass is 9.78. The molecule has 160 valence electrons. The van der Waals surface area contributed by atoms with Crippen molar-refractivity contribution in [3.8, 4) is 6.07 Å². The van der Waals surface area contributed by atoms with Crippen molar-refractivity contribution in [2.75, 3.05) is 0 Å². The number of hydrogen-bond acceptors (Lipinski definition) is 1. The van der Waals surface area contributed by atoms with Crippen LogP contribution in [0.5, 0.6) is 0 Å². The minimum atomic E-state index is 0.622. The first-order valence-corrected chi connectivity index (χ1v) is 12.2. The number of allylic oxidation sites excluding steroid dienone is 6. The van der Waals surface area contributed by atoms with Gasteiger partial charge in [0.15, 0.2) is 0 Å². The highest BCUT2D eigenvalue weighted by molar-refractivity contribution is 5.76. The van der Waals surface area contributed by atoms with E-state index in [1.807, 2.05) is 0 Å². The van der Waals surface area contributed by atoms with E-state index in [0.29, 0.717) is 5.92 Å². The van der Waals surface area contributed by atoms with Crippen LogP contribution in [0.1, 0.15) is 102 Å². The first-order chi connectivity index (χ1) is 14.7. The second kappa shape index (κ2) is 11.4. The Morgan fingerprint density at radius 1 is 1.17 bits per heavy atom.